The highest BCUT2D eigenvalue weighted by molar-refractivity contribution is 6.46. The molecule has 4 heterocycles. The largest absolute Gasteiger partial charge is 0.507 e. The lowest BCUT2D eigenvalue weighted by Crippen LogP contribution is -2.38. The average Bonchev–Trinajstić information content (AvgIpc) is 3.49. The highest BCUT2D eigenvalue weighted by atomic mass is 16.5. The molecule has 1 aromatic heterocycles. The molecule has 180 valence electrons. The van der Waals surface area contributed by atoms with Gasteiger partial charge in [-0.2, -0.15) is 0 Å². The number of benzene rings is 1. The Morgan fingerprint density at radius 2 is 1.91 bits per heavy atom. The van der Waals surface area contributed by atoms with Crippen LogP contribution in [0.25, 0.3) is 5.76 Å². The van der Waals surface area contributed by atoms with Crippen molar-refractivity contribution in [2.45, 2.75) is 38.8 Å². The lowest BCUT2D eigenvalue weighted by molar-refractivity contribution is -0.140. The van der Waals surface area contributed by atoms with E-state index in [2.05, 4.69) is 4.90 Å². The third-order valence-electron chi connectivity index (χ3n) is 6.72. The third kappa shape index (κ3) is 4.23. The molecule has 0 aliphatic carbocycles. The molecule has 1 N–H and O–H groups in total. The fourth-order valence-corrected chi connectivity index (χ4v) is 5.02. The summed E-state index contributed by atoms with van der Waals surface area (Å²) < 4.78 is 17.0. The average molecular weight is 467 g/mol. The molecule has 2 saturated heterocycles. The Hall–Kier alpha value is -3.10. The van der Waals surface area contributed by atoms with Crippen molar-refractivity contribution in [3.63, 3.8) is 0 Å². The Kier molecular flexibility index (Phi) is 6.18. The number of hydrogen-bond acceptors (Lipinski definition) is 7. The molecule has 0 radical (unpaired) electrons. The maximum atomic E-state index is 13.2. The molecule has 2 aromatic rings. The molecule has 0 spiro atoms. The topological polar surface area (TPSA) is 92.5 Å². The number of morpholine rings is 1. The van der Waals surface area contributed by atoms with Crippen LogP contribution in [-0.4, -0.2) is 72.1 Å². The van der Waals surface area contributed by atoms with Gasteiger partial charge in [0.2, 0.25) is 0 Å². The second-order valence-electron chi connectivity index (χ2n) is 9.20. The van der Waals surface area contributed by atoms with Gasteiger partial charge < -0.3 is 23.9 Å². The van der Waals surface area contributed by atoms with Crippen LogP contribution >= 0.6 is 0 Å². The number of rotatable bonds is 6. The number of carbonyl (C=O) groups excluding carboxylic acids is 2. The number of amides is 1. The number of carbonyl (C=O) groups is 2. The first-order valence-corrected chi connectivity index (χ1v) is 11.9. The Morgan fingerprint density at radius 3 is 2.65 bits per heavy atom. The number of furan rings is 1. The van der Waals surface area contributed by atoms with Crippen molar-refractivity contribution in [3.05, 3.63) is 58.6 Å². The summed E-state index contributed by atoms with van der Waals surface area (Å²) in [7, 11) is 0. The van der Waals surface area contributed by atoms with Gasteiger partial charge in [0.1, 0.15) is 35.2 Å². The van der Waals surface area contributed by atoms with Gasteiger partial charge in [-0.05, 0) is 56.2 Å². The van der Waals surface area contributed by atoms with Crippen molar-refractivity contribution in [3.8, 4) is 5.75 Å². The van der Waals surface area contributed by atoms with E-state index in [9.17, 15) is 14.7 Å². The van der Waals surface area contributed by atoms with Crippen LogP contribution in [0, 0.1) is 6.92 Å². The number of ketones is 1. The lowest BCUT2D eigenvalue weighted by atomic mass is 9.97. The molecule has 0 saturated carbocycles. The summed E-state index contributed by atoms with van der Waals surface area (Å²) >= 11 is 0. The summed E-state index contributed by atoms with van der Waals surface area (Å²) in [5.74, 6) is 0.454. The molecule has 2 unspecified atom stereocenters. The molecule has 2 atom stereocenters. The Morgan fingerprint density at radius 1 is 1.12 bits per heavy atom. The van der Waals surface area contributed by atoms with E-state index in [0.29, 0.717) is 43.3 Å². The number of aliphatic hydroxyl groups is 1. The second-order valence-corrected chi connectivity index (χ2v) is 9.20. The van der Waals surface area contributed by atoms with E-state index in [1.165, 1.54) is 4.90 Å². The smallest absolute Gasteiger partial charge is 0.295 e. The number of hydrogen-bond donors (Lipinski definition) is 1. The molecule has 1 aromatic carbocycles. The molecule has 3 aliphatic heterocycles. The molecule has 3 aliphatic rings. The highest BCUT2D eigenvalue weighted by Crippen LogP contribution is 2.41. The minimum Gasteiger partial charge on any atom is -0.507 e. The van der Waals surface area contributed by atoms with Crippen molar-refractivity contribution < 1.29 is 28.6 Å². The summed E-state index contributed by atoms with van der Waals surface area (Å²) in [4.78, 5) is 30.1. The lowest BCUT2D eigenvalue weighted by Gasteiger charge is -2.28. The first-order valence-electron chi connectivity index (χ1n) is 11.9. The number of likely N-dealkylation sites (tertiary alicyclic amines) is 1. The summed E-state index contributed by atoms with van der Waals surface area (Å²) in [6.45, 7) is 8.14. The zero-order valence-corrected chi connectivity index (χ0v) is 19.6. The predicted octanol–water partition coefficient (Wildman–Crippen LogP) is 3.06. The van der Waals surface area contributed by atoms with Gasteiger partial charge in [0.15, 0.2) is 0 Å². The van der Waals surface area contributed by atoms with E-state index in [0.717, 1.165) is 37.4 Å². The first-order chi connectivity index (χ1) is 16.4. The Bertz CT molecular complexity index is 1130. The molecule has 1 amide bonds. The number of Topliss-reactive ketones (excluding diaryl/α,β-unsaturated/α-hetero) is 1. The summed E-state index contributed by atoms with van der Waals surface area (Å²) in [5, 5.41) is 11.3. The zero-order valence-electron chi connectivity index (χ0n) is 19.6. The van der Waals surface area contributed by atoms with Gasteiger partial charge >= 0.3 is 0 Å². The monoisotopic (exact) mass is 466 g/mol. The molecule has 8 heteroatoms. The van der Waals surface area contributed by atoms with E-state index < -0.39 is 17.7 Å². The van der Waals surface area contributed by atoms with Crippen LogP contribution in [0.1, 0.15) is 42.0 Å². The molecule has 5 rings (SSSR count). The zero-order chi connectivity index (χ0) is 23.8. The van der Waals surface area contributed by atoms with E-state index in [1.54, 1.807) is 24.3 Å². The predicted molar refractivity (Wildman–Crippen MR) is 125 cm³/mol. The van der Waals surface area contributed by atoms with Crippen molar-refractivity contribution in [1.82, 2.24) is 9.80 Å². The van der Waals surface area contributed by atoms with E-state index >= 15 is 0 Å². The van der Waals surface area contributed by atoms with Crippen LogP contribution in [0.5, 0.6) is 5.75 Å². The molecule has 0 bridgehead atoms. The molecule has 2 fully saturated rings. The third-order valence-corrected chi connectivity index (χ3v) is 6.72. The van der Waals surface area contributed by atoms with Crippen LogP contribution in [-0.2, 0) is 20.7 Å². The SMILES string of the molecule is Cc1ccc(C2/C(=C(/O)c3ccc4c(c3)CC(C)O4)C(=O)C(=O)N2CCCN2CCOCC2)o1. The van der Waals surface area contributed by atoms with Crippen LogP contribution < -0.4 is 4.74 Å². The number of ether oxygens (including phenoxy) is 2. The minimum atomic E-state index is -0.762. The number of aryl methyl sites for hydroxylation is 1. The van der Waals surface area contributed by atoms with E-state index in [1.807, 2.05) is 19.9 Å². The van der Waals surface area contributed by atoms with E-state index in [4.69, 9.17) is 13.9 Å². The Balaban J connectivity index is 1.46. The van der Waals surface area contributed by atoms with Crippen molar-refractivity contribution in [1.29, 1.82) is 0 Å². The molecular formula is C26H30N2O6. The fourth-order valence-electron chi connectivity index (χ4n) is 5.02. The fraction of sp³-hybridized carbons (Fsp3) is 0.462. The van der Waals surface area contributed by atoms with Crippen LogP contribution in [0.3, 0.4) is 0 Å². The van der Waals surface area contributed by atoms with Crippen LogP contribution in [0.2, 0.25) is 0 Å². The maximum absolute atomic E-state index is 13.2. The molecule has 34 heavy (non-hydrogen) atoms. The van der Waals surface area contributed by atoms with Gasteiger partial charge in [0, 0.05) is 38.2 Å². The first kappa shape index (κ1) is 22.7. The second kappa shape index (κ2) is 9.27. The van der Waals surface area contributed by atoms with Gasteiger partial charge in [-0.1, -0.05) is 0 Å². The highest BCUT2D eigenvalue weighted by Gasteiger charge is 2.47. The molecular weight excluding hydrogens is 436 g/mol. The number of aliphatic hydroxyl groups excluding tert-OH is 1. The van der Waals surface area contributed by atoms with Gasteiger partial charge in [-0.15, -0.1) is 0 Å². The van der Waals surface area contributed by atoms with Crippen LogP contribution in [0.15, 0.2) is 40.3 Å². The van der Waals surface area contributed by atoms with Crippen molar-refractivity contribution in [2.75, 3.05) is 39.4 Å². The summed E-state index contributed by atoms with van der Waals surface area (Å²) in [6, 6.07) is 8.18. The number of nitrogens with zero attached hydrogens (tertiary/aromatic N) is 2. The van der Waals surface area contributed by atoms with Crippen molar-refractivity contribution >= 4 is 17.4 Å². The maximum Gasteiger partial charge on any atom is 0.295 e. The Labute approximate surface area is 198 Å². The number of fused-ring (bicyclic) bond motifs is 1. The minimum absolute atomic E-state index is 0.0653. The van der Waals surface area contributed by atoms with Gasteiger partial charge in [-0.3, -0.25) is 14.5 Å². The van der Waals surface area contributed by atoms with Crippen LogP contribution in [0.4, 0.5) is 0 Å². The van der Waals surface area contributed by atoms with E-state index in [-0.39, 0.29) is 17.4 Å². The van der Waals surface area contributed by atoms with Crippen molar-refractivity contribution in [2.24, 2.45) is 0 Å². The normalized spacial score (nSPS) is 24.5. The summed E-state index contributed by atoms with van der Waals surface area (Å²) in [6.07, 6.45) is 1.50. The summed E-state index contributed by atoms with van der Waals surface area (Å²) in [5.41, 5.74) is 1.54. The van der Waals surface area contributed by atoms with Gasteiger partial charge in [0.25, 0.3) is 11.7 Å². The van der Waals surface area contributed by atoms with Gasteiger partial charge in [0.05, 0.1) is 18.8 Å². The molecule has 8 nitrogen and oxygen atoms in total. The standard InChI is InChI=1S/C26H30N2O6/c1-16-4-6-21(33-16)23-22(24(29)18-5-7-20-19(15-18)14-17(2)34-20)25(30)26(31)28(23)9-3-8-27-10-12-32-13-11-27/h4-7,15,17,23,29H,3,8-14H2,1-2H3/b24-22-. The van der Waals surface area contributed by atoms with Gasteiger partial charge in [-0.25, -0.2) is 0 Å². The quantitative estimate of drug-likeness (QED) is 0.397.